The van der Waals surface area contributed by atoms with E-state index in [1.807, 2.05) is 37.3 Å². The fourth-order valence-corrected chi connectivity index (χ4v) is 2.85. The first-order valence-electron chi connectivity index (χ1n) is 8.53. The zero-order valence-corrected chi connectivity index (χ0v) is 14.6. The Hall–Kier alpha value is -3.54. The Morgan fingerprint density at radius 2 is 1.81 bits per heavy atom. The number of carbonyl (C=O) groups excluding carboxylic acids is 1. The zero-order valence-electron chi connectivity index (χ0n) is 14.6. The lowest BCUT2D eigenvalue weighted by molar-refractivity contribution is -0.123. The molecule has 2 heterocycles. The van der Waals surface area contributed by atoms with Crippen molar-refractivity contribution in [1.82, 2.24) is 5.32 Å². The van der Waals surface area contributed by atoms with E-state index in [4.69, 9.17) is 13.6 Å². The van der Waals surface area contributed by atoms with Crippen molar-refractivity contribution in [1.29, 1.82) is 0 Å². The van der Waals surface area contributed by atoms with Gasteiger partial charge in [0.2, 0.25) is 0 Å². The van der Waals surface area contributed by atoms with E-state index in [2.05, 4.69) is 5.32 Å². The van der Waals surface area contributed by atoms with E-state index < -0.39 is 5.63 Å². The second kappa shape index (κ2) is 6.99. The molecule has 0 saturated carbocycles. The summed E-state index contributed by atoms with van der Waals surface area (Å²) in [5.74, 6) is 0.845. The van der Waals surface area contributed by atoms with Gasteiger partial charge in [0, 0.05) is 22.9 Å². The molecule has 1 unspecified atom stereocenters. The summed E-state index contributed by atoms with van der Waals surface area (Å²) >= 11 is 0. The molecule has 0 radical (unpaired) electrons. The van der Waals surface area contributed by atoms with Crippen LogP contribution in [0, 0.1) is 0 Å². The van der Waals surface area contributed by atoms with Gasteiger partial charge in [0.25, 0.3) is 5.91 Å². The molecular formula is C21H17NO5. The molecule has 6 heteroatoms. The normalized spacial score (nSPS) is 12.2. The summed E-state index contributed by atoms with van der Waals surface area (Å²) in [5.41, 5.74) is 0.760. The highest BCUT2D eigenvalue weighted by Crippen LogP contribution is 2.23. The molecule has 27 heavy (non-hydrogen) atoms. The van der Waals surface area contributed by atoms with Crippen molar-refractivity contribution in [2.45, 2.75) is 13.0 Å². The number of furan rings is 1. The molecular weight excluding hydrogens is 346 g/mol. The van der Waals surface area contributed by atoms with Crippen molar-refractivity contribution in [3.05, 3.63) is 76.8 Å². The molecule has 0 bridgehead atoms. The highest BCUT2D eigenvalue weighted by Gasteiger charge is 2.14. The molecule has 0 aliphatic rings. The quantitative estimate of drug-likeness (QED) is 0.546. The molecule has 0 fully saturated rings. The Kier molecular flexibility index (Phi) is 4.38. The van der Waals surface area contributed by atoms with Crippen LogP contribution in [0.3, 0.4) is 0 Å². The maximum Gasteiger partial charge on any atom is 0.336 e. The maximum atomic E-state index is 12.2. The molecule has 136 valence electrons. The van der Waals surface area contributed by atoms with Gasteiger partial charge in [-0.25, -0.2) is 4.79 Å². The van der Waals surface area contributed by atoms with Gasteiger partial charge in [-0.15, -0.1) is 0 Å². The highest BCUT2D eigenvalue weighted by atomic mass is 16.5. The Morgan fingerprint density at radius 3 is 2.67 bits per heavy atom. The van der Waals surface area contributed by atoms with Crippen molar-refractivity contribution >= 4 is 27.8 Å². The van der Waals surface area contributed by atoms with E-state index in [9.17, 15) is 9.59 Å². The lowest BCUT2D eigenvalue weighted by Crippen LogP contribution is -2.31. The minimum atomic E-state index is -0.433. The molecule has 0 spiro atoms. The zero-order chi connectivity index (χ0) is 18.8. The predicted octanol–water partition coefficient (Wildman–Crippen LogP) is 3.80. The van der Waals surface area contributed by atoms with Crippen molar-refractivity contribution in [3.8, 4) is 5.75 Å². The van der Waals surface area contributed by atoms with E-state index in [0.29, 0.717) is 17.1 Å². The molecule has 1 atom stereocenters. The summed E-state index contributed by atoms with van der Waals surface area (Å²) in [6.45, 7) is 1.69. The summed E-state index contributed by atoms with van der Waals surface area (Å²) in [4.78, 5) is 23.5. The molecule has 4 rings (SSSR count). The summed E-state index contributed by atoms with van der Waals surface area (Å²) in [6.07, 6.45) is 0. The average Bonchev–Trinajstić information content (AvgIpc) is 3.10. The van der Waals surface area contributed by atoms with Gasteiger partial charge in [-0.05, 0) is 37.3 Å². The van der Waals surface area contributed by atoms with Crippen LogP contribution in [-0.2, 0) is 4.79 Å². The van der Waals surface area contributed by atoms with Gasteiger partial charge in [0.05, 0.1) is 6.04 Å². The van der Waals surface area contributed by atoms with Gasteiger partial charge in [-0.1, -0.05) is 18.2 Å². The minimum Gasteiger partial charge on any atom is -0.484 e. The first-order chi connectivity index (χ1) is 13.1. The van der Waals surface area contributed by atoms with Crippen molar-refractivity contribution in [3.63, 3.8) is 0 Å². The first kappa shape index (κ1) is 16.9. The molecule has 1 amide bonds. The number of carbonyl (C=O) groups is 1. The van der Waals surface area contributed by atoms with Crippen LogP contribution < -0.4 is 15.7 Å². The predicted molar refractivity (Wildman–Crippen MR) is 101 cm³/mol. The smallest absolute Gasteiger partial charge is 0.336 e. The summed E-state index contributed by atoms with van der Waals surface area (Å²) in [5, 5.41) is 4.61. The van der Waals surface area contributed by atoms with E-state index >= 15 is 0 Å². The molecule has 2 aromatic carbocycles. The third-order valence-corrected chi connectivity index (χ3v) is 4.21. The summed E-state index contributed by atoms with van der Waals surface area (Å²) in [6, 6.07) is 17.4. The highest BCUT2D eigenvalue weighted by molar-refractivity contribution is 5.80. The number of para-hydroxylation sites is 1. The first-order valence-corrected chi connectivity index (χ1v) is 8.53. The van der Waals surface area contributed by atoms with Crippen LogP contribution in [-0.4, -0.2) is 12.5 Å². The molecule has 0 aliphatic heterocycles. The molecule has 0 aliphatic carbocycles. The number of hydrogen-bond donors (Lipinski definition) is 1. The number of nitrogens with one attached hydrogen (secondary N) is 1. The van der Waals surface area contributed by atoms with Crippen molar-refractivity contribution in [2.75, 3.05) is 6.61 Å². The van der Waals surface area contributed by atoms with Crippen molar-refractivity contribution < 1.29 is 18.4 Å². The fourth-order valence-electron chi connectivity index (χ4n) is 2.85. The monoisotopic (exact) mass is 363 g/mol. The Balaban J connectivity index is 1.39. The number of rotatable bonds is 5. The summed E-state index contributed by atoms with van der Waals surface area (Å²) in [7, 11) is 0. The van der Waals surface area contributed by atoms with Gasteiger partial charge in [-0.2, -0.15) is 0 Å². The third-order valence-electron chi connectivity index (χ3n) is 4.21. The van der Waals surface area contributed by atoms with Crippen LogP contribution in [0.15, 0.2) is 74.3 Å². The van der Waals surface area contributed by atoms with Crippen LogP contribution in [0.2, 0.25) is 0 Å². The third kappa shape index (κ3) is 3.69. The van der Waals surface area contributed by atoms with Gasteiger partial charge in [0.15, 0.2) is 6.61 Å². The second-order valence-corrected chi connectivity index (χ2v) is 6.22. The second-order valence-electron chi connectivity index (χ2n) is 6.22. The van der Waals surface area contributed by atoms with Gasteiger partial charge < -0.3 is 18.9 Å². The number of fused-ring (bicyclic) bond motifs is 2. The molecule has 6 nitrogen and oxygen atoms in total. The standard InChI is InChI=1S/C21H17NO5/c1-13(18-10-15-4-2-3-5-17(15)26-18)22-20(23)12-25-16-8-6-14-7-9-21(24)27-19(14)11-16/h2-11,13H,12H2,1H3,(H,22,23). The van der Waals surface area contributed by atoms with Gasteiger partial charge >= 0.3 is 5.63 Å². The Labute approximate surface area is 154 Å². The average molecular weight is 363 g/mol. The Bertz CT molecular complexity index is 1140. The topological polar surface area (TPSA) is 81.7 Å². The van der Waals surface area contributed by atoms with Crippen LogP contribution in [0.1, 0.15) is 18.7 Å². The summed E-state index contributed by atoms with van der Waals surface area (Å²) < 4.78 is 16.4. The number of ether oxygens (including phenoxy) is 1. The molecule has 1 N–H and O–H groups in total. The fraction of sp³-hybridized carbons (Fsp3) is 0.143. The van der Waals surface area contributed by atoms with Crippen LogP contribution >= 0.6 is 0 Å². The van der Waals surface area contributed by atoms with Crippen LogP contribution in [0.4, 0.5) is 0 Å². The Morgan fingerprint density at radius 1 is 1.00 bits per heavy atom. The minimum absolute atomic E-state index is 0.160. The molecule has 4 aromatic rings. The number of benzene rings is 2. The van der Waals surface area contributed by atoms with E-state index in [-0.39, 0.29) is 18.6 Å². The van der Waals surface area contributed by atoms with E-state index in [1.165, 1.54) is 6.07 Å². The lowest BCUT2D eigenvalue weighted by atomic mass is 10.2. The van der Waals surface area contributed by atoms with Gasteiger partial charge in [0.1, 0.15) is 22.7 Å². The van der Waals surface area contributed by atoms with E-state index in [0.717, 1.165) is 16.4 Å². The lowest BCUT2D eigenvalue weighted by Gasteiger charge is -2.12. The largest absolute Gasteiger partial charge is 0.484 e. The van der Waals surface area contributed by atoms with Crippen LogP contribution in [0.5, 0.6) is 5.75 Å². The molecule has 2 aromatic heterocycles. The van der Waals surface area contributed by atoms with E-state index in [1.54, 1.807) is 24.3 Å². The number of hydrogen-bond acceptors (Lipinski definition) is 5. The van der Waals surface area contributed by atoms with Crippen LogP contribution in [0.25, 0.3) is 21.9 Å². The SMILES string of the molecule is CC(NC(=O)COc1ccc2ccc(=O)oc2c1)c1cc2ccccc2o1. The van der Waals surface area contributed by atoms with Crippen molar-refractivity contribution in [2.24, 2.45) is 0 Å². The maximum absolute atomic E-state index is 12.2. The van der Waals surface area contributed by atoms with Gasteiger partial charge in [-0.3, -0.25) is 4.79 Å². The number of amides is 1. The molecule has 0 saturated heterocycles.